The second-order valence-electron chi connectivity index (χ2n) is 5.00. The third kappa shape index (κ3) is 4.82. The minimum Gasteiger partial charge on any atom is -0.452 e. The quantitative estimate of drug-likeness (QED) is 0.678. The molecule has 0 atom stereocenters. The smallest absolute Gasteiger partial charge is 0.331 e. The van der Waals surface area contributed by atoms with Gasteiger partial charge in [0, 0.05) is 6.08 Å². The monoisotopic (exact) mass is 320 g/mol. The van der Waals surface area contributed by atoms with E-state index in [9.17, 15) is 9.59 Å². The highest BCUT2D eigenvalue weighted by atomic mass is 16.5. The molecule has 2 aromatic carbocycles. The maximum Gasteiger partial charge on any atom is 0.331 e. The number of nitrogens with one attached hydrogen (secondary N) is 1. The number of nitrogens with zero attached hydrogens (tertiary/aromatic N) is 1. The fourth-order valence-corrected chi connectivity index (χ4v) is 1.99. The number of rotatable bonds is 5. The first-order chi connectivity index (χ1) is 11.6. The van der Waals surface area contributed by atoms with Gasteiger partial charge in [0.2, 0.25) is 0 Å². The molecular weight excluding hydrogens is 304 g/mol. The van der Waals surface area contributed by atoms with E-state index < -0.39 is 18.5 Å². The van der Waals surface area contributed by atoms with Crippen LogP contribution in [0.5, 0.6) is 0 Å². The number of aryl methyl sites for hydroxylation is 1. The van der Waals surface area contributed by atoms with Gasteiger partial charge in [0.25, 0.3) is 5.91 Å². The predicted octanol–water partition coefficient (Wildman–Crippen LogP) is 3.06. The maximum atomic E-state index is 11.8. The molecule has 5 nitrogen and oxygen atoms in total. The topological polar surface area (TPSA) is 79.2 Å². The Morgan fingerprint density at radius 3 is 2.62 bits per heavy atom. The van der Waals surface area contributed by atoms with Crippen LogP contribution in [0, 0.1) is 18.3 Å². The molecule has 120 valence electrons. The molecule has 0 unspecified atom stereocenters. The van der Waals surface area contributed by atoms with Gasteiger partial charge in [-0.05, 0) is 36.3 Å². The molecule has 24 heavy (non-hydrogen) atoms. The summed E-state index contributed by atoms with van der Waals surface area (Å²) < 4.78 is 4.89. The molecule has 2 aromatic rings. The third-order valence-corrected chi connectivity index (χ3v) is 3.25. The van der Waals surface area contributed by atoms with Crippen LogP contribution in [-0.4, -0.2) is 18.5 Å². The SMILES string of the molecule is Cc1ccccc1/C=C/C(=O)OCC(=O)Nc1ccccc1C#N. The summed E-state index contributed by atoms with van der Waals surface area (Å²) in [5.74, 6) is -1.11. The van der Waals surface area contributed by atoms with Crippen LogP contribution in [0.2, 0.25) is 0 Å². The van der Waals surface area contributed by atoms with Crippen molar-refractivity contribution in [1.82, 2.24) is 0 Å². The van der Waals surface area contributed by atoms with Gasteiger partial charge in [-0.25, -0.2) is 4.79 Å². The molecule has 0 aliphatic carbocycles. The van der Waals surface area contributed by atoms with Gasteiger partial charge in [-0.1, -0.05) is 36.4 Å². The summed E-state index contributed by atoms with van der Waals surface area (Å²) in [5, 5.41) is 11.5. The lowest BCUT2D eigenvalue weighted by Crippen LogP contribution is -2.20. The van der Waals surface area contributed by atoms with Crippen LogP contribution >= 0.6 is 0 Å². The molecule has 0 aromatic heterocycles. The summed E-state index contributed by atoms with van der Waals surface area (Å²) >= 11 is 0. The number of carbonyl (C=O) groups excluding carboxylic acids is 2. The average molecular weight is 320 g/mol. The summed E-state index contributed by atoms with van der Waals surface area (Å²) in [7, 11) is 0. The van der Waals surface area contributed by atoms with Gasteiger partial charge < -0.3 is 10.1 Å². The molecule has 0 aliphatic heterocycles. The number of carbonyl (C=O) groups is 2. The van der Waals surface area contributed by atoms with E-state index >= 15 is 0 Å². The van der Waals surface area contributed by atoms with Crippen molar-refractivity contribution in [1.29, 1.82) is 5.26 Å². The lowest BCUT2D eigenvalue weighted by atomic mass is 10.1. The Hall–Kier alpha value is -3.39. The van der Waals surface area contributed by atoms with Crippen LogP contribution in [0.25, 0.3) is 6.08 Å². The number of ether oxygens (including phenoxy) is 1. The Kier molecular flexibility index (Phi) is 5.87. The number of nitriles is 1. The van der Waals surface area contributed by atoms with E-state index in [4.69, 9.17) is 10.00 Å². The number of benzene rings is 2. The predicted molar refractivity (Wildman–Crippen MR) is 91.0 cm³/mol. The zero-order valence-corrected chi connectivity index (χ0v) is 13.2. The highest BCUT2D eigenvalue weighted by Crippen LogP contribution is 2.13. The van der Waals surface area contributed by atoms with Gasteiger partial charge in [0.05, 0.1) is 11.3 Å². The van der Waals surface area contributed by atoms with E-state index in [1.165, 1.54) is 6.08 Å². The molecule has 1 amide bonds. The normalized spacial score (nSPS) is 10.2. The third-order valence-electron chi connectivity index (χ3n) is 3.25. The van der Waals surface area contributed by atoms with Crippen LogP contribution in [0.3, 0.4) is 0 Å². The molecule has 0 heterocycles. The zero-order valence-electron chi connectivity index (χ0n) is 13.2. The summed E-state index contributed by atoms with van der Waals surface area (Å²) in [4.78, 5) is 23.5. The number of anilines is 1. The van der Waals surface area contributed by atoms with Crippen LogP contribution in [0.1, 0.15) is 16.7 Å². The standard InChI is InChI=1S/C19H16N2O3/c1-14-6-2-3-7-15(14)10-11-19(23)24-13-18(22)21-17-9-5-4-8-16(17)12-20/h2-11H,13H2,1H3,(H,21,22)/b11-10+. The average Bonchev–Trinajstić information content (AvgIpc) is 2.59. The minimum absolute atomic E-state index is 0.344. The van der Waals surface area contributed by atoms with Crippen molar-refractivity contribution in [3.05, 3.63) is 71.3 Å². The van der Waals surface area contributed by atoms with Gasteiger partial charge in [0.1, 0.15) is 6.07 Å². The largest absolute Gasteiger partial charge is 0.452 e. The van der Waals surface area contributed by atoms with E-state index in [2.05, 4.69) is 5.32 Å². The van der Waals surface area contributed by atoms with E-state index in [0.29, 0.717) is 11.3 Å². The first-order valence-corrected chi connectivity index (χ1v) is 7.29. The first kappa shape index (κ1) is 17.0. The molecule has 0 aliphatic rings. The molecule has 0 fully saturated rings. The van der Waals surface area contributed by atoms with E-state index in [1.807, 2.05) is 37.3 Å². The van der Waals surface area contributed by atoms with E-state index in [0.717, 1.165) is 11.1 Å². The van der Waals surface area contributed by atoms with Gasteiger partial charge in [-0.3, -0.25) is 4.79 Å². The molecule has 1 N–H and O–H groups in total. The number of hydrogen-bond donors (Lipinski definition) is 1. The second-order valence-corrected chi connectivity index (χ2v) is 5.00. The van der Waals surface area contributed by atoms with Gasteiger partial charge in [-0.2, -0.15) is 5.26 Å². The molecule has 2 rings (SSSR count). The number of hydrogen-bond acceptors (Lipinski definition) is 4. The van der Waals surface area contributed by atoms with Crippen molar-refractivity contribution in [3.8, 4) is 6.07 Å². The maximum absolute atomic E-state index is 11.8. The highest BCUT2D eigenvalue weighted by Gasteiger charge is 2.08. The first-order valence-electron chi connectivity index (χ1n) is 7.29. The second kappa shape index (κ2) is 8.30. The molecule has 0 radical (unpaired) electrons. The Bertz CT molecular complexity index is 819. The Morgan fingerprint density at radius 1 is 1.17 bits per heavy atom. The van der Waals surface area contributed by atoms with E-state index in [1.54, 1.807) is 30.3 Å². The van der Waals surface area contributed by atoms with Gasteiger partial charge in [0.15, 0.2) is 6.61 Å². The van der Waals surface area contributed by atoms with Crippen molar-refractivity contribution in [2.75, 3.05) is 11.9 Å². The Balaban J connectivity index is 1.87. The van der Waals surface area contributed by atoms with Gasteiger partial charge >= 0.3 is 5.97 Å². The van der Waals surface area contributed by atoms with Crippen LogP contribution in [-0.2, 0) is 14.3 Å². The molecule has 5 heteroatoms. The zero-order chi connectivity index (χ0) is 17.4. The van der Waals surface area contributed by atoms with Crippen molar-refractivity contribution >= 4 is 23.6 Å². The lowest BCUT2D eigenvalue weighted by molar-refractivity contribution is -0.142. The van der Waals surface area contributed by atoms with Crippen LogP contribution in [0.4, 0.5) is 5.69 Å². The van der Waals surface area contributed by atoms with E-state index in [-0.39, 0.29) is 0 Å². The minimum atomic E-state index is -0.609. The van der Waals surface area contributed by atoms with Crippen molar-refractivity contribution in [3.63, 3.8) is 0 Å². The molecule has 0 spiro atoms. The molecule has 0 saturated heterocycles. The summed E-state index contributed by atoms with van der Waals surface area (Å²) in [6.45, 7) is 1.52. The highest BCUT2D eigenvalue weighted by molar-refractivity contribution is 5.95. The number of amides is 1. The lowest BCUT2D eigenvalue weighted by Gasteiger charge is -2.06. The van der Waals surface area contributed by atoms with Crippen molar-refractivity contribution in [2.24, 2.45) is 0 Å². The molecule has 0 saturated carbocycles. The fourth-order valence-electron chi connectivity index (χ4n) is 1.99. The summed E-state index contributed by atoms with van der Waals surface area (Å²) in [6, 6.07) is 16.2. The van der Waals surface area contributed by atoms with Crippen molar-refractivity contribution in [2.45, 2.75) is 6.92 Å². The Labute approximate surface area is 140 Å². The van der Waals surface area contributed by atoms with Gasteiger partial charge in [-0.15, -0.1) is 0 Å². The fraction of sp³-hybridized carbons (Fsp3) is 0.105. The number of para-hydroxylation sites is 1. The summed E-state index contributed by atoms with van der Waals surface area (Å²) in [5.41, 5.74) is 2.67. The summed E-state index contributed by atoms with van der Waals surface area (Å²) in [6.07, 6.45) is 2.92. The molecular formula is C19H16N2O3. The number of esters is 1. The van der Waals surface area contributed by atoms with Crippen molar-refractivity contribution < 1.29 is 14.3 Å². The van der Waals surface area contributed by atoms with Crippen LogP contribution < -0.4 is 5.32 Å². The van der Waals surface area contributed by atoms with Crippen LogP contribution in [0.15, 0.2) is 54.6 Å². The molecule has 0 bridgehead atoms. The Morgan fingerprint density at radius 2 is 1.88 bits per heavy atom.